The Morgan fingerprint density at radius 1 is 0.308 bits per heavy atom. The van der Waals surface area contributed by atoms with Gasteiger partial charge in [-0.1, -0.05) is 306 Å². The van der Waals surface area contributed by atoms with Crippen molar-refractivity contribution in [2.75, 3.05) is 39.6 Å². The van der Waals surface area contributed by atoms with Crippen molar-refractivity contribution >= 4 is 39.5 Å². The molecule has 0 aliphatic heterocycles. The SMILES string of the molecule is CCC(C)CCCCCCCCC(=O)OC[C@H](COP(=O)(O)OC[C@H](O)COP(=O)(O)OC[C@@H](COC(=O)CCCCCCCCCCCCCCCC(C)C)OC(=O)CCCCCCCCCCCCC(C)C)OC(=O)CCCCCCCCCCCC(C)C. The summed E-state index contributed by atoms with van der Waals surface area (Å²) in [5.41, 5.74) is 0. The molecule has 0 aromatic rings. The predicted octanol–water partition coefficient (Wildman–Crippen LogP) is 20.5. The molecule has 0 saturated carbocycles. The van der Waals surface area contributed by atoms with Gasteiger partial charge in [-0.05, 0) is 49.4 Å². The minimum Gasteiger partial charge on any atom is -0.462 e. The number of carbonyl (C=O) groups is 4. The zero-order chi connectivity index (χ0) is 67.5. The van der Waals surface area contributed by atoms with Crippen molar-refractivity contribution in [1.82, 2.24) is 0 Å². The Labute approximate surface area is 556 Å². The summed E-state index contributed by atoms with van der Waals surface area (Å²) in [6.07, 6.45) is 44.4. The van der Waals surface area contributed by atoms with Gasteiger partial charge < -0.3 is 33.8 Å². The number of hydrogen-bond acceptors (Lipinski definition) is 15. The first-order chi connectivity index (χ1) is 43.6. The summed E-state index contributed by atoms with van der Waals surface area (Å²) in [5.74, 6) is 0.883. The number of phosphoric acid groups is 2. The lowest BCUT2D eigenvalue weighted by Crippen LogP contribution is -2.30. The van der Waals surface area contributed by atoms with Crippen LogP contribution in [0, 0.1) is 23.7 Å². The largest absolute Gasteiger partial charge is 0.472 e. The van der Waals surface area contributed by atoms with E-state index < -0.39 is 97.5 Å². The smallest absolute Gasteiger partial charge is 0.462 e. The quantitative estimate of drug-likeness (QED) is 0.0222. The van der Waals surface area contributed by atoms with E-state index in [2.05, 4.69) is 55.4 Å². The van der Waals surface area contributed by atoms with E-state index >= 15 is 0 Å². The first-order valence-electron chi connectivity index (χ1n) is 37.2. The number of carbonyl (C=O) groups excluding carboxylic acids is 4. The zero-order valence-electron chi connectivity index (χ0n) is 59.5. The van der Waals surface area contributed by atoms with Gasteiger partial charge in [0.15, 0.2) is 12.2 Å². The van der Waals surface area contributed by atoms with E-state index in [-0.39, 0.29) is 25.7 Å². The molecule has 3 unspecified atom stereocenters. The zero-order valence-corrected chi connectivity index (χ0v) is 61.3. The Morgan fingerprint density at radius 2 is 0.527 bits per heavy atom. The van der Waals surface area contributed by atoms with Crippen LogP contribution in [0.4, 0.5) is 0 Å². The lowest BCUT2D eigenvalue weighted by Gasteiger charge is -2.21. The first kappa shape index (κ1) is 89.1. The molecule has 0 radical (unpaired) electrons. The first-order valence-corrected chi connectivity index (χ1v) is 40.2. The number of aliphatic hydroxyl groups is 1. The summed E-state index contributed by atoms with van der Waals surface area (Å²) >= 11 is 0. The summed E-state index contributed by atoms with van der Waals surface area (Å²) in [4.78, 5) is 72.6. The van der Waals surface area contributed by atoms with Crippen molar-refractivity contribution in [3.63, 3.8) is 0 Å². The molecular weight excluding hydrogens is 1200 g/mol. The Kier molecular flexibility index (Phi) is 60.3. The maximum Gasteiger partial charge on any atom is 0.472 e. The summed E-state index contributed by atoms with van der Waals surface area (Å²) < 4.78 is 68.4. The fraction of sp³-hybridized carbons (Fsp3) is 0.944. The van der Waals surface area contributed by atoms with E-state index in [9.17, 15) is 43.2 Å². The van der Waals surface area contributed by atoms with Gasteiger partial charge in [0.2, 0.25) is 0 Å². The van der Waals surface area contributed by atoms with Gasteiger partial charge in [-0.15, -0.1) is 0 Å². The summed E-state index contributed by atoms with van der Waals surface area (Å²) in [6, 6.07) is 0. The van der Waals surface area contributed by atoms with Crippen LogP contribution in [0.25, 0.3) is 0 Å². The van der Waals surface area contributed by atoms with E-state index in [0.717, 1.165) is 120 Å². The second-order valence-electron chi connectivity index (χ2n) is 27.6. The molecule has 0 heterocycles. The van der Waals surface area contributed by atoms with E-state index in [1.165, 1.54) is 154 Å². The fourth-order valence-electron chi connectivity index (χ4n) is 10.8. The lowest BCUT2D eigenvalue weighted by atomic mass is 10.00. The van der Waals surface area contributed by atoms with Gasteiger partial charge in [0.05, 0.1) is 26.4 Å². The molecule has 17 nitrogen and oxygen atoms in total. The molecule has 91 heavy (non-hydrogen) atoms. The van der Waals surface area contributed by atoms with Crippen molar-refractivity contribution in [1.29, 1.82) is 0 Å². The molecular formula is C72H140O17P2. The van der Waals surface area contributed by atoms with E-state index in [1.807, 2.05) is 0 Å². The summed E-state index contributed by atoms with van der Waals surface area (Å²) in [6.45, 7) is 14.1. The van der Waals surface area contributed by atoms with Gasteiger partial charge in [0, 0.05) is 25.7 Å². The number of ether oxygens (including phenoxy) is 4. The van der Waals surface area contributed by atoms with Crippen LogP contribution in [0.3, 0.4) is 0 Å². The fourth-order valence-corrected chi connectivity index (χ4v) is 12.4. The molecule has 0 aromatic carbocycles. The van der Waals surface area contributed by atoms with E-state index in [0.29, 0.717) is 25.7 Å². The number of rotatable bonds is 69. The van der Waals surface area contributed by atoms with Crippen LogP contribution in [0.1, 0.15) is 357 Å². The molecule has 0 bridgehead atoms. The maximum absolute atomic E-state index is 13.0. The molecule has 0 fully saturated rings. The molecule has 0 aromatic heterocycles. The summed E-state index contributed by atoms with van der Waals surface area (Å²) in [5, 5.41) is 10.6. The monoisotopic (exact) mass is 1340 g/mol. The molecule has 19 heteroatoms. The average Bonchev–Trinajstić information content (AvgIpc) is 2.42. The Hall–Kier alpha value is -1.94. The Morgan fingerprint density at radius 3 is 0.780 bits per heavy atom. The van der Waals surface area contributed by atoms with Crippen LogP contribution in [-0.2, 0) is 65.4 Å². The number of aliphatic hydroxyl groups excluding tert-OH is 1. The van der Waals surface area contributed by atoms with Gasteiger partial charge in [-0.25, -0.2) is 9.13 Å². The second-order valence-corrected chi connectivity index (χ2v) is 30.6. The highest BCUT2D eigenvalue weighted by atomic mass is 31.2. The number of hydrogen-bond donors (Lipinski definition) is 3. The standard InChI is InChI=1S/C72H140O17P2/c1-9-65(8)51-43-35-30-31-37-45-53-70(75)83-59-68(89-72(77)55-47-39-29-23-17-20-26-34-42-50-64(6)7)61-87-91(80,81)85-57-66(73)56-84-90(78,79)86-60-67(88-71(76)54-46-38-28-22-16-15-19-25-33-41-49-63(4)5)58-82-69(74)52-44-36-27-21-14-12-10-11-13-18-24-32-40-48-62(2)3/h62-68,73H,9-61H2,1-8H3,(H,78,79)(H,80,81)/t65?,66-,67-,68-/m1/s1. The van der Waals surface area contributed by atoms with Gasteiger partial charge in [0.25, 0.3) is 0 Å². The van der Waals surface area contributed by atoms with E-state index in [4.69, 9.17) is 37.0 Å². The van der Waals surface area contributed by atoms with Crippen molar-refractivity contribution in [3.8, 4) is 0 Å². The molecule has 0 saturated heterocycles. The normalized spacial score (nSPS) is 14.5. The predicted molar refractivity (Wildman–Crippen MR) is 367 cm³/mol. The third-order valence-electron chi connectivity index (χ3n) is 16.9. The molecule has 0 aliphatic carbocycles. The average molecular weight is 1340 g/mol. The van der Waals surface area contributed by atoms with Gasteiger partial charge in [-0.2, -0.15) is 0 Å². The number of phosphoric ester groups is 2. The lowest BCUT2D eigenvalue weighted by molar-refractivity contribution is -0.161. The van der Waals surface area contributed by atoms with Crippen LogP contribution in [-0.4, -0.2) is 96.7 Å². The maximum atomic E-state index is 13.0. The van der Waals surface area contributed by atoms with Crippen molar-refractivity contribution in [2.45, 2.75) is 375 Å². The van der Waals surface area contributed by atoms with Gasteiger partial charge in [-0.3, -0.25) is 37.3 Å². The molecule has 0 spiro atoms. The van der Waals surface area contributed by atoms with Gasteiger partial charge in [0.1, 0.15) is 19.3 Å². The number of esters is 4. The van der Waals surface area contributed by atoms with E-state index in [1.54, 1.807) is 0 Å². The van der Waals surface area contributed by atoms with Crippen LogP contribution < -0.4 is 0 Å². The highest BCUT2D eigenvalue weighted by Crippen LogP contribution is 2.45. The van der Waals surface area contributed by atoms with Crippen molar-refractivity contribution in [3.05, 3.63) is 0 Å². The highest BCUT2D eigenvalue weighted by molar-refractivity contribution is 7.47. The van der Waals surface area contributed by atoms with Crippen LogP contribution in [0.15, 0.2) is 0 Å². The molecule has 0 rings (SSSR count). The van der Waals surface area contributed by atoms with Gasteiger partial charge >= 0.3 is 39.5 Å². The Balaban J connectivity index is 5.25. The molecule has 0 amide bonds. The molecule has 3 N–H and O–H groups in total. The van der Waals surface area contributed by atoms with Crippen molar-refractivity contribution < 1.29 is 80.2 Å². The van der Waals surface area contributed by atoms with Crippen LogP contribution in [0.2, 0.25) is 0 Å². The third kappa shape index (κ3) is 65.1. The van der Waals surface area contributed by atoms with Crippen LogP contribution >= 0.6 is 15.6 Å². The minimum absolute atomic E-state index is 0.104. The highest BCUT2D eigenvalue weighted by Gasteiger charge is 2.30. The van der Waals surface area contributed by atoms with Crippen molar-refractivity contribution in [2.24, 2.45) is 23.7 Å². The topological polar surface area (TPSA) is 237 Å². The third-order valence-corrected chi connectivity index (χ3v) is 18.8. The molecule has 540 valence electrons. The second kappa shape index (κ2) is 61.6. The molecule has 6 atom stereocenters. The van der Waals surface area contributed by atoms with Crippen LogP contribution in [0.5, 0.6) is 0 Å². The Bertz CT molecular complexity index is 1800. The number of unbranched alkanes of at least 4 members (excludes halogenated alkanes) is 34. The molecule has 0 aliphatic rings. The summed E-state index contributed by atoms with van der Waals surface area (Å²) in [7, 11) is -9.91. The minimum atomic E-state index is -4.95.